The average Bonchev–Trinajstić information content (AvgIpc) is 2.17. The van der Waals surface area contributed by atoms with E-state index in [9.17, 15) is 13.2 Å². The molecule has 1 unspecified atom stereocenters. The smallest absolute Gasteiger partial charge is 0.314 e. The molecule has 1 fully saturated rings. The van der Waals surface area contributed by atoms with Crippen molar-refractivity contribution in [2.24, 2.45) is 5.92 Å². The maximum absolute atomic E-state index is 12.9. The molecule has 0 saturated carbocycles. The number of alkyl halides is 3. The molecule has 2 atom stereocenters. The van der Waals surface area contributed by atoms with Gasteiger partial charge in [0.05, 0.1) is 0 Å². The molecule has 1 heterocycles. The minimum Gasteiger partial charge on any atom is -0.314 e. The van der Waals surface area contributed by atoms with Crippen LogP contribution in [0.15, 0.2) is 0 Å². The molecule has 7 heteroatoms. The summed E-state index contributed by atoms with van der Waals surface area (Å²) in [4.78, 5) is 1.56. The maximum Gasteiger partial charge on any atom is 0.404 e. The zero-order valence-electron chi connectivity index (χ0n) is 10.1. The summed E-state index contributed by atoms with van der Waals surface area (Å²) in [7, 11) is 0. The van der Waals surface area contributed by atoms with Crippen LogP contribution in [0.2, 0.25) is 0 Å². The number of hydrogen-bond acceptors (Lipinski definition) is 2. The molecule has 0 aromatic heterocycles. The Bertz CT molecular complexity index is 196. The van der Waals surface area contributed by atoms with Gasteiger partial charge in [-0.05, 0) is 5.92 Å². The summed E-state index contributed by atoms with van der Waals surface area (Å²) in [6, 6.07) is -1.27. The molecule has 0 amide bonds. The normalized spacial score (nSPS) is 21.0. The van der Waals surface area contributed by atoms with Gasteiger partial charge in [-0.15, -0.1) is 24.8 Å². The van der Waals surface area contributed by atoms with Crippen LogP contribution in [0.5, 0.6) is 0 Å². The highest BCUT2D eigenvalue weighted by Crippen LogP contribution is 2.31. The molecular formula is C10H21Cl2F3N2. The van der Waals surface area contributed by atoms with Crippen molar-refractivity contribution >= 4 is 24.8 Å². The quantitative estimate of drug-likeness (QED) is 0.861. The van der Waals surface area contributed by atoms with E-state index in [1.807, 2.05) is 6.92 Å². The summed E-state index contributed by atoms with van der Waals surface area (Å²) in [5.74, 6) is -0.330. The molecular weight excluding hydrogens is 276 g/mol. The number of nitrogens with zero attached hydrogens (tertiary/aromatic N) is 1. The van der Waals surface area contributed by atoms with Gasteiger partial charge in [0.15, 0.2) is 0 Å². The third-order valence-electron chi connectivity index (χ3n) is 3.06. The summed E-state index contributed by atoms with van der Waals surface area (Å²) in [6.45, 7) is 5.79. The number of rotatable bonds is 3. The summed E-state index contributed by atoms with van der Waals surface area (Å²) in [5, 5.41) is 3.07. The van der Waals surface area contributed by atoms with Crippen LogP contribution in [0.4, 0.5) is 13.2 Å². The number of halogens is 5. The first-order valence-corrected chi connectivity index (χ1v) is 5.48. The van der Waals surface area contributed by atoms with E-state index in [1.165, 1.54) is 0 Å². The van der Waals surface area contributed by atoms with Gasteiger partial charge in [-0.3, -0.25) is 4.90 Å². The Balaban J connectivity index is 0. The molecule has 0 bridgehead atoms. The Hall–Kier alpha value is 0.290. The van der Waals surface area contributed by atoms with Crippen LogP contribution in [0.1, 0.15) is 20.3 Å². The Morgan fingerprint density at radius 2 is 1.65 bits per heavy atom. The molecule has 0 aromatic carbocycles. The van der Waals surface area contributed by atoms with Crippen LogP contribution in [0.3, 0.4) is 0 Å². The van der Waals surface area contributed by atoms with Gasteiger partial charge < -0.3 is 5.32 Å². The lowest BCUT2D eigenvalue weighted by Gasteiger charge is -2.38. The van der Waals surface area contributed by atoms with Crippen molar-refractivity contribution in [3.8, 4) is 0 Å². The minimum atomic E-state index is -4.10. The Morgan fingerprint density at radius 1 is 1.18 bits per heavy atom. The Labute approximate surface area is 113 Å². The largest absolute Gasteiger partial charge is 0.404 e. The van der Waals surface area contributed by atoms with E-state index in [4.69, 9.17) is 0 Å². The molecule has 1 rings (SSSR count). The molecule has 17 heavy (non-hydrogen) atoms. The zero-order chi connectivity index (χ0) is 11.5. The molecule has 1 N–H and O–H groups in total. The van der Waals surface area contributed by atoms with Crippen molar-refractivity contribution in [2.45, 2.75) is 32.5 Å². The van der Waals surface area contributed by atoms with E-state index in [2.05, 4.69) is 5.32 Å². The highest BCUT2D eigenvalue weighted by atomic mass is 35.5. The summed E-state index contributed by atoms with van der Waals surface area (Å²) >= 11 is 0. The topological polar surface area (TPSA) is 15.3 Å². The second-order valence-electron chi connectivity index (χ2n) is 4.16. The molecule has 0 aliphatic carbocycles. The van der Waals surface area contributed by atoms with Crippen molar-refractivity contribution in [1.29, 1.82) is 0 Å². The molecule has 0 aromatic rings. The van der Waals surface area contributed by atoms with E-state index < -0.39 is 12.2 Å². The van der Waals surface area contributed by atoms with Gasteiger partial charge in [0.1, 0.15) is 6.04 Å². The van der Waals surface area contributed by atoms with Gasteiger partial charge in [0, 0.05) is 26.2 Å². The zero-order valence-corrected chi connectivity index (χ0v) is 11.7. The Morgan fingerprint density at radius 3 is 2.00 bits per heavy atom. The first-order chi connectivity index (χ1) is 6.96. The Kier molecular flexibility index (Phi) is 9.70. The molecule has 1 saturated heterocycles. The van der Waals surface area contributed by atoms with E-state index in [1.54, 1.807) is 11.8 Å². The van der Waals surface area contributed by atoms with E-state index in [-0.39, 0.29) is 30.7 Å². The summed E-state index contributed by atoms with van der Waals surface area (Å²) in [6.07, 6.45) is -3.54. The lowest BCUT2D eigenvalue weighted by atomic mass is 9.96. The van der Waals surface area contributed by atoms with Crippen molar-refractivity contribution in [1.82, 2.24) is 10.2 Å². The number of nitrogens with one attached hydrogen (secondary N) is 1. The molecule has 0 spiro atoms. The van der Waals surface area contributed by atoms with Gasteiger partial charge >= 0.3 is 6.18 Å². The fraction of sp³-hybridized carbons (Fsp3) is 1.00. The fourth-order valence-electron chi connectivity index (χ4n) is 2.07. The molecule has 1 aliphatic rings. The van der Waals surface area contributed by atoms with Crippen molar-refractivity contribution < 1.29 is 13.2 Å². The van der Waals surface area contributed by atoms with Crippen LogP contribution >= 0.6 is 24.8 Å². The predicted molar refractivity (Wildman–Crippen MR) is 68.2 cm³/mol. The van der Waals surface area contributed by atoms with Gasteiger partial charge in [0.2, 0.25) is 0 Å². The standard InChI is InChI=1S/C10H19F3N2.2ClH/c1-3-8(2)9(10(11,12)13)15-6-4-14-5-7-15;;/h8-9,14H,3-7H2,1-2H3;2*1H/t8?,9-;;/m1../s1. The van der Waals surface area contributed by atoms with Crippen molar-refractivity contribution in [2.75, 3.05) is 26.2 Å². The van der Waals surface area contributed by atoms with Gasteiger partial charge in [-0.2, -0.15) is 13.2 Å². The molecule has 0 radical (unpaired) electrons. The SMILES string of the molecule is CCC(C)[C@@H](N1CCNCC1)C(F)(F)F.Cl.Cl. The van der Waals surface area contributed by atoms with Crippen LogP contribution < -0.4 is 5.32 Å². The maximum atomic E-state index is 12.9. The first kappa shape index (κ1) is 19.6. The van der Waals surface area contributed by atoms with Crippen LogP contribution in [0.25, 0.3) is 0 Å². The highest BCUT2D eigenvalue weighted by molar-refractivity contribution is 5.85. The fourth-order valence-corrected chi connectivity index (χ4v) is 2.07. The second kappa shape index (κ2) is 8.40. The van der Waals surface area contributed by atoms with Gasteiger partial charge in [-0.25, -0.2) is 0 Å². The van der Waals surface area contributed by atoms with Gasteiger partial charge in [-0.1, -0.05) is 20.3 Å². The van der Waals surface area contributed by atoms with Crippen LogP contribution in [-0.2, 0) is 0 Å². The molecule has 2 nitrogen and oxygen atoms in total. The second-order valence-corrected chi connectivity index (χ2v) is 4.16. The molecule has 1 aliphatic heterocycles. The minimum absolute atomic E-state index is 0. The highest BCUT2D eigenvalue weighted by Gasteiger charge is 2.46. The van der Waals surface area contributed by atoms with Gasteiger partial charge in [0.25, 0.3) is 0 Å². The van der Waals surface area contributed by atoms with E-state index in [0.717, 1.165) is 0 Å². The van der Waals surface area contributed by atoms with Crippen molar-refractivity contribution in [3.63, 3.8) is 0 Å². The third-order valence-corrected chi connectivity index (χ3v) is 3.06. The lowest BCUT2D eigenvalue weighted by molar-refractivity contribution is -0.198. The van der Waals surface area contributed by atoms with Crippen molar-refractivity contribution in [3.05, 3.63) is 0 Å². The average molecular weight is 297 g/mol. The number of piperazine rings is 1. The van der Waals surface area contributed by atoms with Crippen LogP contribution in [0, 0.1) is 5.92 Å². The monoisotopic (exact) mass is 296 g/mol. The number of hydrogen-bond donors (Lipinski definition) is 1. The lowest BCUT2D eigenvalue weighted by Crippen LogP contribution is -2.56. The van der Waals surface area contributed by atoms with Crippen LogP contribution in [-0.4, -0.2) is 43.3 Å². The summed E-state index contributed by atoms with van der Waals surface area (Å²) in [5.41, 5.74) is 0. The predicted octanol–water partition coefficient (Wildman–Crippen LogP) is 2.71. The van der Waals surface area contributed by atoms with E-state index in [0.29, 0.717) is 32.6 Å². The molecule has 106 valence electrons. The third kappa shape index (κ3) is 5.64. The summed E-state index contributed by atoms with van der Waals surface area (Å²) < 4.78 is 38.6. The van der Waals surface area contributed by atoms with E-state index >= 15 is 0 Å². The first-order valence-electron chi connectivity index (χ1n) is 5.48.